The minimum absolute atomic E-state index is 0.123. The van der Waals surface area contributed by atoms with E-state index in [1.54, 1.807) is 31.3 Å². The zero-order valence-corrected chi connectivity index (χ0v) is 13.9. The minimum Gasteiger partial charge on any atom is -0.278 e. The third-order valence-corrected chi connectivity index (χ3v) is 5.53. The fraction of sp³-hybridized carbons (Fsp3) is 0.0714. The molecule has 0 amide bonds. The summed E-state index contributed by atoms with van der Waals surface area (Å²) in [6.45, 7) is 0. The Bertz CT molecular complexity index is 902. The Kier molecular flexibility index (Phi) is 3.94. The molecule has 3 rings (SSSR count). The van der Waals surface area contributed by atoms with Crippen molar-refractivity contribution in [3.05, 3.63) is 53.0 Å². The fourth-order valence-corrected chi connectivity index (χ4v) is 4.29. The number of para-hydroxylation sites is 1. The predicted octanol–water partition coefficient (Wildman–Crippen LogP) is 3.60. The second-order valence-electron chi connectivity index (χ2n) is 4.58. The Balaban J connectivity index is 2.05. The van der Waals surface area contributed by atoms with Crippen LogP contribution >= 0.6 is 22.9 Å². The van der Waals surface area contributed by atoms with Crippen molar-refractivity contribution >= 4 is 38.6 Å². The van der Waals surface area contributed by atoms with Gasteiger partial charge in [-0.3, -0.25) is 9.40 Å². The number of hydrogen-bond acceptors (Lipinski definition) is 4. The molecule has 5 nitrogen and oxygen atoms in total. The second kappa shape index (κ2) is 5.75. The Hall–Kier alpha value is -1.83. The lowest BCUT2D eigenvalue weighted by atomic mass is 10.3. The van der Waals surface area contributed by atoms with Crippen LogP contribution in [0.5, 0.6) is 0 Å². The van der Waals surface area contributed by atoms with E-state index in [4.69, 9.17) is 11.6 Å². The van der Waals surface area contributed by atoms with Crippen LogP contribution in [0.4, 0.5) is 5.69 Å². The molecule has 0 spiro atoms. The number of rotatable bonds is 4. The molecule has 8 heteroatoms. The molecule has 0 aliphatic rings. The number of nitrogens with zero attached hydrogens (tertiary/aromatic N) is 2. The Labute approximate surface area is 137 Å². The minimum atomic E-state index is -3.78. The summed E-state index contributed by atoms with van der Waals surface area (Å²) in [5.74, 6) is 0. The number of aryl methyl sites for hydroxylation is 1. The van der Waals surface area contributed by atoms with Gasteiger partial charge in [-0.1, -0.05) is 29.8 Å². The van der Waals surface area contributed by atoms with Crippen LogP contribution in [0.3, 0.4) is 0 Å². The van der Waals surface area contributed by atoms with Gasteiger partial charge in [-0.05, 0) is 23.6 Å². The molecule has 3 aromatic rings. The zero-order valence-electron chi connectivity index (χ0n) is 11.5. The molecule has 0 fully saturated rings. The van der Waals surface area contributed by atoms with Crippen molar-refractivity contribution in [1.29, 1.82) is 0 Å². The lowest BCUT2D eigenvalue weighted by Crippen LogP contribution is -2.13. The number of benzene rings is 1. The van der Waals surface area contributed by atoms with Crippen LogP contribution in [0.15, 0.2) is 52.9 Å². The first kappa shape index (κ1) is 15.1. The monoisotopic (exact) mass is 353 g/mol. The van der Waals surface area contributed by atoms with Crippen LogP contribution < -0.4 is 4.72 Å². The molecule has 0 saturated carbocycles. The van der Waals surface area contributed by atoms with E-state index >= 15 is 0 Å². The number of anilines is 1. The predicted molar refractivity (Wildman–Crippen MR) is 88.8 cm³/mol. The van der Waals surface area contributed by atoms with Crippen molar-refractivity contribution in [2.75, 3.05) is 4.72 Å². The molecule has 0 aliphatic carbocycles. The smallest absolute Gasteiger partial charge is 0.265 e. The topological polar surface area (TPSA) is 64.0 Å². The highest BCUT2D eigenvalue weighted by molar-refractivity contribution is 7.92. The molecular formula is C14H12ClN3O2S2. The summed E-state index contributed by atoms with van der Waals surface area (Å²) < 4.78 is 29.3. The molecule has 0 aliphatic heterocycles. The highest BCUT2D eigenvalue weighted by atomic mass is 35.5. The van der Waals surface area contributed by atoms with Gasteiger partial charge in [0.05, 0.1) is 15.6 Å². The summed E-state index contributed by atoms with van der Waals surface area (Å²) in [7, 11) is -2.10. The van der Waals surface area contributed by atoms with Gasteiger partial charge in [-0.25, -0.2) is 8.42 Å². The van der Waals surface area contributed by atoms with Crippen LogP contribution in [0.2, 0.25) is 5.02 Å². The maximum atomic E-state index is 12.7. The molecule has 1 N–H and O–H groups in total. The normalized spacial score (nSPS) is 11.5. The van der Waals surface area contributed by atoms with Crippen molar-refractivity contribution in [2.24, 2.45) is 7.05 Å². The van der Waals surface area contributed by atoms with Crippen molar-refractivity contribution < 1.29 is 8.42 Å². The van der Waals surface area contributed by atoms with Crippen LogP contribution in [-0.2, 0) is 17.1 Å². The SMILES string of the molecule is Cn1cc(S(=O)(=O)Nc2ccccc2Cl)c(-c2cccs2)n1. The summed E-state index contributed by atoms with van der Waals surface area (Å²) in [5, 5.41) is 6.48. The summed E-state index contributed by atoms with van der Waals surface area (Å²) in [5.41, 5.74) is 0.766. The highest BCUT2D eigenvalue weighted by Crippen LogP contribution is 2.31. The average Bonchev–Trinajstić information content (AvgIpc) is 3.10. The van der Waals surface area contributed by atoms with Crippen LogP contribution in [-0.4, -0.2) is 18.2 Å². The molecule has 1 aromatic carbocycles. The lowest BCUT2D eigenvalue weighted by Gasteiger charge is -2.08. The Morgan fingerprint density at radius 1 is 1.23 bits per heavy atom. The van der Waals surface area contributed by atoms with Gasteiger partial charge in [0, 0.05) is 13.2 Å². The molecule has 2 aromatic heterocycles. The maximum Gasteiger partial charge on any atom is 0.265 e. The van der Waals surface area contributed by atoms with Gasteiger partial charge in [0.15, 0.2) is 0 Å². The quantitative estimate of drug-likeness (QED) is 0.779. The van der Waals surface area contributed by atoms with E-state index in [1.165, 1.54) is 22.2 Å². The van der Waals surface area contributed by atoms with Crippen LogP contribution in [0, 0.1) is 0 Å². The van der Waals surface area contributed by atoms with E-state index in [1.807, 2.05) is 17.5 Å². The van der Waals surface area contributed by atoms with Gasteiger partial charge in [-0.15, -0.1) is 11.3 Å². The van der Waals surface area contributed by atoms with Crippen LogP contribution in [0.1, 0.15) is 0 Å². The van der Waals surface area contributed by atoms with Crippen molar-refractivity contribution in [3.63, 3.8) is 0 Å². The molecule has 114 valence electrons. The summed E-state index contributed by atoms with van der Waals surface area (Å²) in [4.78, 5) is 0.914. The largest absolute Gasteiger partial charge is 0.278 e. The van der Waals surface area contributed by atoms with Gasteiger partial charge in [0.25, 0.3) is 10.0 Å². The van der Waals surface area contributed by atoms with Crippen molar-refractivity contribution in [2.45, 2.75) is 4.90 Å². The highest BCUT2D eigenvalue weighted by Gasteiger charge is 2.24. The molecule has 0 atom stereocenters. The average molecular weight is 354 g/mol. The van der Waals surface area contributed by atoms with E-state index in [-0.39, 0.29) is 4.90 Å². The van der Waals surface area contributed by atoms with E-state index in [0.29, 0.717) is 16.4 Å². The number of sulfonamides is 1. The molecule has 0 saturated heterocycles. The first-order valence-corrected chi connectivity index (χ1v) is 9.06. The maximum absolute atomic E-state index is 12.7. The molecule has 0 unspecified atom stereocenters. The van der Waals surface area contributed by atoms with Crippen molar-refractivity contribution in [3.8, 4) is 10.6 Å². The lowest BCUT2D eigenvalue weighted by molar-refractivity contribution is 0.601. The standard InChI is InChI=1S/C14H12ClN3O2S2/c1-18-9-13(14(16-18)12-7-4-8-21-12)22(19,20)17-11-6-3-2-5-10(11)15/h2-9,17H,1H3. The third-order valence-electron chi connectivity index (χ3n) is 2.96. The first-order chi connectivity index (χ1) is 10.5. The van der Waals surface area contributed by atoms with E-state index in [0.717, 1.165) is 4.88 Å². The van der Waals surface area contributed by atoms with Gasteiger partial charge >= 0.3 is 0 Å². The summed E-state index contributed by atoms with van der Waals surface area (Å²) in [6, 6.07) is 10.4. The van der Waals surface area contributed by atoms with E-state index in [2.05, 4.69) is 9.82 Å². The molecule has 0 radical (unpaired) electrons. The van der Waals surface area contributed by atoms with Crippen LogP contribution in [0.25, 0.3) is 10.6 Å². The van der Waals surface area contributed by atoms with Crippen molar-refractivity contribution in [1.82, 2.24) is 9.78 Å². The number of halogens is 1. The van der Waals surface area contributed by atoms with E-state index < -0.39 is 10.0 Å². The molecular weight excluding hydrogens is 342 g/mol. The molecule has 2 heterocycles. The second-order valence-corrected chi connectivity index (χ2v) is 7.58. The summed E-state index contributed by atoms with van der Waals surface area (Å²) in [6.07, 6.45) is 1.48. The van der Waals surface area contributed by atoms with Gasteiger partial charge in [0.2, 0.25) is 0 Å². The van der Waals surface area contributed by atoms with Gasteiger partial charge in [0.1, 0.15) is 10.6 Å². The Morgan fingerprint density at radius 3 is 2.68 bits per heavy atom. The molecule has 22 heavy (non-hydrogen) atoms. The van der Waals surface area contributed by atoms with Gasteiger partial charge < -0.3 is 0 Å². The zero-order chi connectivity index (χ0) is 15.7. The molecule has 0 bridgehead atoms. The van der Waals surface area contributed by atoms with E-state index in [9.17, 15) is 8.42 Å². The summed E-state index contributed by atoms with van der Waals surface area (Å²) >= 11 is 7.45. The number of aromatic nitrogens is 2. The fourth-order valence-electron chi connectivity index (χ4n) is 1.99. The number of thiophene rings is 1. The first-order valence-electron chi connectivity index (χ1n) is 6.32. The Morgan fingerprint density at radius 2 is 2.00 bits per heavy atom. The third kappa shape index (κ3) is 2.87. The number of hydrogen-bond donors (Lipinski definition) is 1. The number of nitrogens with one attached hydrogen (secondary N) is 1. The van der Waals surface area contributed by atoms with Gasteiger partial charge in [-0.2, -0.15) is 5.10 Å².